The Bertz CT molecular complexity index is 2020. The van der Waals surface area contributed by atoms with Crippen molar-refractivity contribution in [2.75, 3.05) is 0 Å². The summed E-state index contributed by atoms with van der Waals surface area (Å²) in [4.78, 5) is 42.7. The maximum absolute atomic E-state index is 14.3. The van der Waals surface area contributed by atoms with Crippen molar-refractivity contribution in [2.24, 2.45) is 0 Å². The van der Waals surface area contributed by atoms with Gasteiger partial charge in [-0.15, -0.1) is 0 Å². The van der Waals surface area contributed by atoms with Gasteiger partial charge in [0.15, 0.2) is 0 Å². The Morgan fingerprint density at radius 1 is 0.458 bits per heavy atom. The average molecular weight is 658 g/mol. The molecule has 3 N–H and O–H groups in total. The summed E-state index contributed by atoms with van der Waals surface area (Å²) in [6, 6.07) is 5.56. The summed E-state index contributed by atoms with van der Waals surface area (Å²) in [5.74, 6) is 0.289. The molecule has 0 bridgehead atoms. The molecule has 4 rings (SSSR count). The molecule has 3 aromatic carbocycles. The first-order valence-corrected chi connectivity index (χ1v) is 16.4. The Morgan fingerprint density at radius 3 is 1.02 bits per heavy atom. The first-order chi connectivity index (χ1) is 22.0. The number of nitrogens with zero attached hydrogens (tertiary/aromatic N) is 3. The molecule has 0 spiro atoms. The lowest BCUT2D eigenvalue weighted by Gasteiger charge is -2.25. The van der Waals surface area contributed by atoms with Crippen LogP contribution >= 0.6 is 0 Å². The van der Waals surface area contributed by atoms with Gasteiger partial charge in [0, 0.05) is 0 Å². The van der Waals surface area contributed by atoms with Crippen molar-refractivity contribution >= 4 is 0 Å². The monoisotopic (exact) mass is 657 g/mol. The molecule has 0 radical (unpaired) electrons. The van der Waals surface area contributed by atoms with Gasteiger partial charge in [0.25, 0.3) is 0 Å². The van der Waals surface area contributed by atoms with Crippen molar-refractivity contribution in [1.82, 2.24) is 13.7 Å². The van der Waals surface area contributed by atoms with Gasteiger partial charge >= 0.3 is 17.1 Å². The van der Waals surface area contributed by atoms with Crippen LogP contribution in [-0.2, 0) is 30.5 Å². The van der Waals surface area contributed by atoms with E-state index in [0.717, 1.165) is 41.5 Å². The minimum Gasteiger partial charge on any atom is -0.507 e. The van der Waals surface area contributed by atoms with E-state index in [1.807, 2.05) is 74.4 Å². The van der Waals surface area contributed by atoms with Crippen LogP contribution in [0.25, 0.3) is 0 Å². The second kappa shape index (κ2) is 12.5. The summed E-state index contributed by atoms with van der Waals surface area (Å²) in [6.45, 7) is 24.2. The molecule has 1 heterocycles. The molecule has 0 aliphatic carbocycles. The highest BCUT2D eigenvalue weighted by Gasteiger charge is 2.26. The number of hydrogen-bond donors (Lipinski definition) is 3. The summed E-state index contributed by atoms with van der Waals surface area (Å²) in [6.07, 6.45) is 0. The van der Waals surface area contributed by atoms with E-state index in [0.29, 0.717) is 38.9 Å². The maximum Gasteiger partial charge on any atom is 0.336 e. The van der Waals surface area contributed by atoms with E-state index in [9.17, 15) is 29.7 Å². The third-order valence-corrected chi connectivity index (χ3v) is 9.84. The van der Waals surface area contributed by atoms with Crippen LogP contribution in [0.1, 0.15) is 108 Å². The third kappa shape index (κ3) is 6.34. The van der Waals surface area contributed by atoms with Gasteiger partial charge in [0.1, 0.15) is 17.2 Å². The predicted octanol–water partition coefficient (Wildman–Crippen LogP) is 6.19. The van der Waals surface area contributed by atoms with Gasteiger partial charge in [-0.25, -0.2) is 28.1 Å². The smallest absolute Gasteiger partial charge is 0.336 e. The number of hydrogen-bond acceptors (Lipinski definition) is 6. The summed E-state index contributed by atoms with van der Waals surface area (Å²) >= 11 is 0. The molecule has 258 valence electrons. The fraction of sp³-hybridized carbons (Fsp3) is 0.462. The quantitative estimate of drug-likeness (QED) is 0.227. The molecule has 4 aromatic rings. The minimum atomic E-state index is -0.794. The Morgan fingerprint density at radius 2 is 0.729 bits per heavy atom. The zero-order valence-corrected chi connectivity index (χ0v) is 30.8. The van der Waals surface area contributed by atoms with E-state index in [1.165, 1.54) is 0 Å². The highest BCUT2D eigenvalue weighted by molar-refractivity contribution is 5.53. The number of benzene rings is 3. The first kappa shape index (κ1) is 36.3. The van der Waals surface area contributed by atoms with Gasteiger partial charge in [-0.1, -0.05) is 59.7 Å². The van der Waals surface area contributed by atoms with E-state index >= 15 is 0 Å². The number of rotatable bonds is 6. The summed E-state index contributed by atoms with van der Waals surface area (Å²) in [7, 11) is 0. The van der Waals surface area contributed by atoms with E-state index < -0.39 is 17.1 Å². The molecule has 9 nitrogen and oxygen atoms in total. The molecule has 0 amide bonds. The van der Waals surface area contributed by atoms with Crippen LogP contribution in [-0.4, -0.2) is 29.0 Å². The second-order valence-electron chi connectivity index (χ2n) is 15.5. The van der Waals surface area contributed by atoms with Crippen molar-refractivity contribution < 1.29 is 15.3 Å². The van der Waals surface area contributed by atoms with Gasteiger partial charge < -0.3 is 15.3 Å². The van der Waals surface area contributed by atoms with Gasteiger partial charge in [-0.3, -0.25) is 0 Å². The Labute approximate surface area is 282 Å². The molecular weight excluding hydrogens is 606 g/mol. The van der Waals surface area contributed by atoms with Gasteiger partial charge in [-0.05, 0) is 126 Å². The van der Waals surface area contributed by atoms with Crippen LogP contribution in [0.2, 0.25) is 0 Å². The Balaban J connectivity index is 2.04. The van der Waals surface area contributed by atoms with Crippen LogP contribution in [0.4, 0.5) is 0 Å². The highest BCUT2D eigenvalue weighted by Crippen LogP contribution is 2.38. The standard InChI is InChI=1S/C39H51N3O6/c1-20-14-23(4)32(43)24(5)27(20)17-40-35(46)41(18-28-21(2)15-30(38(8,9)10)33(44)25(28)6)37(48)42(36(40)47)19-29-22(3)16-31(39(11,12)13)34(45)26(29)7/h14-16,43-45H,17-19H2,1-13H3. The molecule has 0 aliphatic rings. The van der Waals surface area contributed by atoms with Gasteiger partial charge in [0.2, 0.25) is 0 Å². The minimum absolute atomic E-state index is 0.0821. The highest BCUT2D eigenvalue weighted by atomic mass is 16.3. The largest absolute Gasteiger partial charge is 0.507 e. The second-order valence-corrected chi connectivity index (χ2v) is 15.5. The number of aromatic nitrogens is 3. The van der Waals surface area contributed by atoms with Crippen LogP contribution in [0.15, 0.2) is 32.6 Å². The average Bonchev–Trinajstić information content (AvgIpc) is 2.97. The summed E-state index contributed by atoms with van der Waals surface area (Å²) in [5.41, 5.74) is 5.00. The molecular formula is C39H51N3O6. The molecule has 1 aromatic heterocycles. The number of aromatic hydroxyl groups is 3. The lowest BCUT2D eigenvalue weighted by atomic mass is 9.82. The van der Waals surface area contributed by atoms with E-state index in [1.54, 1.807) is 33.8 Å². The third-order valence-electron chi connectivity index (χ3n) is 9.84. The zero-order chi connectivity index (χ0) is 36.4. The van der Waals surface area contributed by atoms with E-state index in [4.69, 9.17) is 0 Å². The maximum atomic E-state index is 14.3. The molecule has 0 saturated heterocycles. The van der Waals surface area contributed by atoms with Gasteiger partial charge in [-0.2, -0.15) is 0 Å². The van der Waals surface area contributed by atoms with Crippen LogP contribution in [0, 0.1) is 48.5 Å². The number of phenols is 3. The molecule has 0 fully saturated rings. The zero-order valence-electron chi connectivity index (χ0n) is 30.8. The molecule has 0 saturated carbocycles. The SMILES string of the molecule is Cc1cc(C)c(Cn2c(=O)n(Cc3c(C)cc(C(C)(C)C)c(O)c3C)c(=O)n(Cc3c(C)cc(C(C)(C)C)c(O)c3C)c2=O)c(C)c1O. The van der Waals surface area contributed by atoms with Crippen LogP contribution in [0.3, 0.4) is 0 Å². The predicted molar refractivity (Wildman–Crippen MR) is 191 cm³/mol. The van der Waals surface area contributed by atoms with E-state index in [-0.39, 0.29) is 47.7 Å². The molecule has 48 heavy (non-hydrogen) atoms. The van der Waals surface area contributed by atoms with E-state index in [2.05, 4.69) is 0 Å². The number of aryl methyl sites for hydroxylation is 4. The fourth-order valence-electron chi connectivity index (χ4n) is 6.68. The number of phenolic OH excluding ortho intramolecular Hbond substituents is 3. The first-order valence-electron chi connectivity index (χ1n) is 16.4. The normalized spacial score (nSPS) is 12.2. The Hall–Kier alpha value is -4.53. The molecule has 0 atom stereocenters. The summed E-state index contributed by atoms with van der Waals surface area (Å²) < 4.78 is 3.12. The lowest BCUT2D eigenvalue weighted by Crippen LogP contribution is -2.55. The van der Waals surface area contributed by atoms with Crippen molar-refractivity contribution in [1.29, 1.82) is 0 Å². The molecule has 9 heteroatoms. The van der Waals surface area contributed by atoms with Crippen LogP contribution < -0.4 is 17.1 Å². The Kier molecular flexibility index (Phi) is 9.45. The van der Waals surface area contributed by atoms with Crippen molar-refractivity contribution in [3.8, 4) is 17.2 Å². The van der Waals surface area contributed by atoms with Crippen molar-refractivity contribution in [3.63, 3.8) is 0 Å². The van der Waals surface area contributed by atoms with Crippen molar-refractivity contribution in [3.05, 3.63) is 116 Å². The van der Waals surface area contributed by atoms with Crippen LogP contribution in [0.5, 0.6) is 17.2 Å². The van der Waals surface area contributed by atoms with Gasteiger partial charge in [0.05, 0.1) is 19.6 Å². The molecule has 0 unspecified atom stereocenters. The lowest BCUT2D eigenvalue weighted by molar-refractivity contribution is 0.438. The van der Waals surface area contributed by atoms with Crippen molar-refractivity contribution in [2.45, 2.75) is 120 Å². The fourth-order valence-corrected chi connectivity index (χ4v) is 6.68. The summed E-state index contributed by atoms with van der Waals surface area (Å²) in [5, 5.41) is 33.1. The topological polar surface area (TPSA) is 127 Å². The molecule has 0 aliphatic heterocycles.